The highest BCUT2D eigenvalue weighted by Gasteiger charge is 2.23. The monoisotopic (exact) mass is 272 g/mol. The molecule has 4 nitrogen and oxygen atoms in total. The summed E-state index contributed by atoms with van der Waals surface area (Å²) in [5.74, 6) is 1.52. The molecule has 0 aliphatic heterocycles. The number of carbonyl (C=O) groups is 1. The van der Waals surface area contributed by atoms with E-state index in [0.29, 0.717) is 28.7 Å². The van der Waals surface area contributed by atoms with Crippen molar-refractivity contribution in [1.82, 2.24) is 0 Å². The van der Waals surface area contributed by atoms with Gasteiger partial charge in [-0.2, -0.15) is 0 Å². The molecule has 0 radical (unpaired) electrons. The van der Waals surface area contributed by atoms with E-state index < -0.39 is 0 Å². The lowest BCUT2D eigenvalue weighted by Gasteiger charge is -2.20. The van der Waals surface area contributed by atoms with Crippen LogP contribution in [0.2, 0.25) is 5.02 Å². The number of benzene rings is 1. The molecule has 1 atom stereocenters. The minimum absolute atomic E-state index is 0.0694. The summed E-state index contributed by atoms with van der Waals surface area (Å²) in [5.41, 5.74) is 0.747. The van der Waals surface area contributed by atoms with Crippen LogP contribution in [0.15, 0.2) is 6.07 Å². The van der Waals surface area contributed by atoms with Crippen molar-refractivity contribution in [2.75, 3.05) is 21.3 Å². The van der Waals surface area contributed by atoms with Crippen LogP contribution in [0.5, 0.6) is 17.2 Å². The number of carbonyl (C=O) groups excluding carboxylic acids is 1. The third kappa shape index (κ3) is 2.70. The van der Waals surface area contributed by atoms with Gasteiger partial charge < -0.3 is 19.0 Å². The van der Waals surface area contributed by atoms with Crippen LogP contribution in [0, 0.1) is 0 Å². The quantitative estimate of drug-likeness (QED) is 0.747. The predicted octanol–water partition coefficient (Wildman–Crippen LogP) is 3.06. The third-order valence-electron chi connectivity index (χ3n) is 2.76. The van der Waals surface area contributed by atoms with Crippen molar-refractivity contribution in [3.8, 4) is 17.2 Å². The fourth-order valence-corrected chi connectivity index (χ4v) is 2.17. The Kier molecular flexibility index (Phi) is 5.28. The first-order chi connectivity index (χ1) is 8.60. The molecule has 0 amide bonds. The van der Waals surface area contributed by atoms with E-state index in [1.54, 1.807) is 13.2 Å². The lowest BCUT2D eigenvalue weighted by molar-refractivity contribution is -0.108. The first kappa shape index (κ1) is 14.6. The summed E-state index contributed by atoms with van der Waals surface area (Å²) < 4.78 is 15.9. The summed E-state index contributed by atoms with van der Waals surface area (Å²) in [6.45, 7) is 1.91. The van der Waals surface area contributed by atoms with Gasteiger partial charge in [0.1, 0.15) is 12.0 Å². The van der Waals surface area contributed by atoms with Crippen molar-refractivity contribution in [3.63, 3.8) is 0 Å². The smallest absolute Gasteiger partial charge is 0.167 e. The maximum absolute atomic E-state index is 10.7. The Morgan fingerprint density at radius 1 is 1.22 bits per heavy atom. The minimum Gasteiger partial charge on any atom is -0.495 e. The van der Waals surface area contributed by atoms with E-state index in [2.05, 4.69) is 0 Å². The normalized spacial score (nSPS) is 11.8. The molecular weight excluding hydrogens is 256 g/mol. The Morgan fingerprint density at radius 3 is 2.28 bits per heavy atom. The van der Waals surface area contributed by atoms with Gasteiger partial charge in [-0.15, -0.1) is 0 Å². The van der Waals surface area contributed by atoms with Crippen LogP contribution in [-0.2, 0) is 4.79 Å². The van der Waals surface area contributed by atoms with Gasteiger partial charge in [0.15, 0.2) is 11.5 Å². The zero-order chi connectivity index (χ0) is 13.7. The maximum Gasteiger partial charge on any atom is 0.167 e. The molecule has 0 spiro atoms. The highest BCUT2D eigenvalue weighted by atomic mass is 35.5. The molecule has 1 aromatic carbocycles. The molecule has 0 aromatic heterocycles. The molecule has 0 bridgehead atoms. The van der Waals surface area contributed by atoms with E-state index >= 15 is 0 Å². The first-order valence-electron chi connectivity index (χ1n) is 5.52. The summed E-state index contributed by atoms with van der Waals surface area (Å²) >= 11 is 6.14. The molecule has 0 aliphatic rings. The number of hydrogen-bond acceptors (Lipinski definition) is 4. The Morgan fingerprint density at radius 2 is 1.83 bits per heavy atom. The van der Waals surface area contributed by atoms with Gasteiger partial charge in [0.25, 0.3) is 0 Å². The summed E-state index contributed by atoms with van der Waals surface area (Å²) in [6, 6.07) is 1.64. The molecule has 5 heteroatoms. The molecule has 0 aliphatic carbocycles. The lowest BCUT2D eigenvalue weighted by Crippen LogP contribution is -2.04. The number of rotatable bonds is 6. The lowest BCUT2D eigenvalue weighted by atomic mass is 9.95. The van der Waals surface area contributed by atoms with Gasteiger partial charge in [0, 0.05) is 18.1 Å². The zero-order valence-electron chi connectivity index (χ0n) is 11.0. The molecular formula is C13H17ClO4. The second-order valence-corrected chi connectivity index (χ2v) is 4.25. The van der Waals surface area contributed by atoms with Crippen LogP contribution in [0.4, 0.5) is 0 Å². The van der Waals surface area contributed by atoms with Crippen LogP contribution in [0.1, 0.15) is 24.8 Å². The van der Waals surface area contributed by atoms with Crippen molar-refractivity contribution in [1.29, 1.82) is 0 Å². The van der Waals surface area contributed by atoms with Gasteiger partial charge in [-0.05, 0) is 5.92 Å². The Labute approximate surface area is 112 Å². The van der Waals surface area contributed by atoms with Crippen LogP contribution in [0.3, 0.4) is 0 Å². The van der Waals surface area contributed by atoms with E-state index in [4.69, 9.17) is 25.8 Å². The zero-order valence-corrected chi connectivity index (χ0v) is 11.7. The van der Waals surface area contributed by atoms with Gasteiger partial charge in [-0.3, -0.25) is 0 Å². The van der Waals surface area contributed by atoms with E-state index in [0.717, 1.165) is 11.8 Å². The van der Waals surface area contributed by atoms with Gasteiger partial charge in [-0.25, -0.2) is 0 Å². The van der Waals surface area contributed by atoms with Crippen LogP contribution in [-0.4, -0.2) is 27.6 Å². The van der Waals surface area contributed by atoms with Crippen molar-refractivity contribution in [3.05, 3.63) is 16.7 Å². The van der Waals surface area contributed by atoms with Gasteiger partial charge in [0.2, 0.25) is 0 Å². The van der Waals surface area contributed by atoms with Gasteiger partial charge >= 0.3 is 0 Å². The van der Waals surface area contributed by atoms with Crippen molar-refractivity contribution in [2.24, 2.45) is 0 Å². The topological polar surface area (TPSA) is 44.8 Å². The second-order valence-electron chi connectivity index (χ2n) is 3.84. The van der Waals surface area contributed by atoms with Crippen LogP contribution < -0.4 is 14.2 Å². The van der Waals surface area contributed by atoms with Crippen molar-refractivity contribution in [2.45, 2.75) is 19.3 Å². The Hall–Kier alpha value is -1.42. The SMILES string of the molecule is COc1cc(Cl)c(OC)c(C(C)CC=O)c1OC. The average molecular weight is 273 g/mol. The molecule has 0 fully saturated rings. The van der Waals surface area contributed by atoms with E-state index in [9.17, 15) is 4.79 Å². The minimum atomic E-state index is -0.0694. The first-order valence-corrected chi connectivity index (χ1v) is 5.90. The standard InChI is InChI=1S/C13H17ClO4/c1-8(5-6-15)11-12(17-3)9(14)7-10(16-2)13(11)18-4/h6-8H,5H2,1-4H3. The van der Waals surface area contributed by atoms with Crippen LogP contribution in [0.25, 0.3) is 0 Å². The summed E-state index contributed by atoms with van der Waals surface area (Å²) in [4.78, 5) is 10.7. The molecule has 100 valence electrons. The fourth-order valence-electron chi connectivity index (χ4n) is 1.89. The van der Waals surface area contributed by atoms with E-state index in [1.807, 2.05) is 6.92 Å². The second kappa shape index (κ2) is 6.50. The van der Waals surface area contributed by atoms with Crippen molar-refractivity contribution >= 4 is 17.9 Å². The highest BCUT2D eigenvalue weighted by molar-refractivity contribution is 6.32. The number of hydrogen-bond donors (Lipinski definition) is 0. The summed E-state index contributed by atoms with van der Waals surface area (Å²) in [5, 5.41) is 0.433. The van der Waals surface area contributed by atoms with Crippen molar-refractivity contribution < 1.29 is 19.0 Å². The summed E-state index contributed by atoms with van der Waals surface area (Å²) in [6.07, 6.45) is 1.22. The molecule has 0 heterocycles. The highest BCUT2D eigenvalue weighted by Crippen LogP contribution is 2.46. The number of ether oxygens (including phenoxy) is 3. The fraction of sp³-hybridized carbons (Fsp3) is 0.462. The molecule has 0 N–H and O–H groups in total. The molecule has 0 saturated carbocycles. The number of halogens is 1. The maximum atomic E-state index is 10.7. The molecule has 1 rings (SSSR count). The molecule has 1 aromatic rings. The van der Waals surface area contributed by atoms with E-state index in [1.165, 1.54) is 14.2 Å². The number of aldehydes is 1. The van der Waals surface area contributed by atoms with Crippen LogP contribution >= 0.6 is 11.6 Å². The van der Waals surface area contributed by atoms with E-state index in [-0.39, 0.29) is 5.92 Å². The largest absolute Gasteiger partial charge is 0.495 e. The predicted molar refractivity (Wildman–Crippen MR) is 70.2 cm³/mol. The van der Waals surface area contributed by atoms with Gasteiger partial charge in [-0.1, -0.05) is 18.5 Å². The Balaban J connectivity index is 3.49. The molecule has 1 unspecified atom stereocenters. The third-order valence-corrected chi connectivity index (χ3v) is 3.04. The summed E-state index contributed by atoms with van der Waals surface area (Å²) in [7, 11) is 4.61. The molecule has 18 heavy (non-hydrogen) atoms. The van der Waals surface area contributed by atoms with Gasteiger partial charge in [0.05, 0.1) is 26.4 Å². The Bertz CT molecular complexity index is 431. The average Bonchev–Trinajstić information content (AvgIpc) is 2.37. The molecule has 0 saturated heterocycles. The number of methoxy groups -OCH3 is 3.